The molecule has 1 aromatic heterocycles. The lowest BCUT2D eigenvalue weighted by Crippen LogP contribution is -2.25. The number of carbonyl (C=O) groups is 1. The van der Waals surface area contributed by atoms with E-state index in [2.05, 4.69) is 52.3 Å². The van der Waals surface area contributed by atoms with Crippen LogP contribution >= 0.6 is 0 Å². The molecule has 5 aromatic rings. The smallest absolute Gasteiger partial charge is 0.251 e. The number of hydrogen-bond donors (Lipinski definition) is 1. The van der Waals surface area contributed by atoms with Gasteiger partial charge >= 0.3 is 0 Å². The van der Waals surface area contributed by atoms with Crippen molar-refractivity contribution >= 4 is 27.7 Å². The molecule has 0 aliphatic heterocycles. The third-order valence-electron chi connectivity index (χ3n) is 6.50. The maximum Gasteiger partial charge on any atom is 0.251 e. The van der Waals surface area contributed by atoms with Crippen LogP contribution in [-0.2, 0) is 13.0 Å². The van der Waals surface area contributed by atoms with Crippen LogP contribution in [0.5, 0.6) is 5.75 Å². The zero-order valence-corrected chi connectivity index (χ0v) is 20.6. The molecule has 0 radical (unpaired) electrons. The molecular weight excluding hydrogens is 446 g/mol. The third-order valence-corrected chi connectivity index (χ3v) is 6.50. The van der Waals surface area contributed by atoms with Crippen LogP contribution in [0.2, 0.25) is 0 Å². The van der Waals surface area contributed by atoms with E-state index < -0.39 is 0 Å². The normalized spacial score (nSPS) is 11.1. The average molecular weight is 478 g/mol. The summed E-state index contributed by atoms with van der Waals surface area (Å²) in [7, 11) is 0. The van der Waals surface area contributed by atoms with Crippen molar-refractivity contribution in [1.29, 1.82) is 0 Å². The minimum Gasteiger partial charge on any atom is -0.494 e. The molecular formula is C31H31N3O2. The number of aryl methyl sites for hydroxylation is 3. The summed E-state index contributed by atoms with van der Waals surface area (Å²) >= 11 is 0. The summed E-state index contributed by atoms with van der Waals surface area (Å²) in [5.74, 6) is 1.92. The number of nitrogens with zero attached hydrogens (tertiary/aromatic N) is 2. The number of aromatic nitrogens is 2. The molecule has 5 rings (SSSR count). The van der Waals surface area contributed by atoms with Crippen molar-refractivity contribution in [2.24, 2.45) is 0 Å². The van der Waals surface area contributed by atoms with Crippen LogP contribution in [0.25, 0.3) is 21.8 Å². The van der Waals surface area contributed by atoms with Crippen molar-refractivity contribution in [3.05, 3.63) is 108 Å². The molecule has 0 atom stereocenters. The summed E-state index contributed by atoms with van der Waals surface area (Å²) in [5.41, 5.74) is 3.87. The second-order valence-corrected chi connectivity index (χ2v) is 9.05. The Balaban J connectivity index is 1.18. The van der Waals surface area contributed by atoms with Gasteiger partial charge in [-0.1, -0.05) is 60.7 Å². The van der Waals surface area contributed by atoms with Crippen molar-refractivity contribution in [2.45, 2.75) is 32.7 Å². The molecule has 1 amide bonds. The van der Waals surface area contributed by atoms with Crippen LogP contribution in [0.4, 0.5) is 0 Å². The Hall–Kier alpha value is -4.12. The first kappa shape index (κ1) is 23.6. The quantitative estimate of drug-likeness (QED) is 0.239. The zero-order valence-electron chi connectivity index (χ0n) is 20.6. The Labute approximate surface area is 211 Å². The van der Waals surface area contributed by atoms with E-state index in [0.717, 1.165) is 59.5 Å². The number of amides is 1. The minimum atomic E-state index is -0.0209. The number of nitrogens with one attached hydrogen (secondary N) is 1. The van der Waals surface area contributed by atoms with Gasteiger partial charge in [-0.05, 0) is 66.4 Å². The predicted molar refractivity (Wildman–Crippen MR) is 146 cm³/mol. The Morgan fingerprint density at radius 3 is 2.56 bits per heavy atom. The molecule has 1 N–H and O–H groups in total. The number of hydrogen-bond acceptors (Lipinski definition) is 3. The fraction of sp³-hybridized carbons (Fsp3) is 0.226. The van der Waals surface area contributed by atoms with E-state index in [1.807, 2.05) is 55.5 Å². The Morgan fingerprint density at radius 2 is 1.67 bits per heavy atom. The van der Waals surface area contributed by atoms with Gasteiger partial charge < -0.3 is 14.6 Å². The first-order chi connectivity index (χ1) is 17.7. The summed E-state index contributed by atoms with van der Waals surface area (Å²) in [6.07, 6.45) is 2.51. The minimum absolute atomic E-state index is 0.0209. The highest BCUT2D eigenvalue weighted by atomic mass is 16.5. The molecule has 0 spiro atoms. The monoisotopic (exact) mass is 477 g/mol. The number of benzene rings is 4. The van der Waals surface area contributed by atoms with E-state index in [1.54, 1.807) is 0 Å². The SMILES string of the molecule is Cc1ccccc1C(=O)NCCCc1nc2ccccc2n1CCCOc1ccc2ccccc2c1. The molecule has 5 nitrogen and oxygen atoms in total. The Kier molecular flexibility index (Phi) is 7.27. The second kappa shape index (κ2) is 11.1. The summed E-state index contributed by atoms with van der Waals surface area (Å²) in [5, 5.41) is 5.45. The number of carbonyl (C=O) groups excluding carboxylic acids is 1. The number of ether oxygens (including phenoxy) is 1. The Morgan fingerprint density at radius 1 is 0.889 bits per heavy atom. The van der Waals surface area contributed by atoms with E-state index >= 15 is 0 Å². The molecule has 0 saturated carbocycles. The van der Waals surface area contributed by atoms with Crippen molar-refractivity contribution < 1.29 is 9.53 Å². The molecule has 0 bridgehead atoms. The maximum absolute atomic E-state index is 12.5. The lowest BCUT2D eigenvalue weighted by atomic mass is 10.1. The van der Waals surface area contributed by atoms with E-state index in [1.165, 1.54) is 10.8 Å². The molecule has 1 heterocycles. The molecule has 0 aliphatic carbocycles. The maximum atomic E-state index is 12.5. The van der Waals surface area contributed by atoms with Crippen molar-refractivity contribution in [2.75, 3.05) is 13.2 Å². The van der Waals surface area contributed by atoms with Crippen LogP contribution in [0, 0.1) is 6.92 Å². The summed E-state index contributed by atoms with van der Waals surface area (Å²) in [6, 6.07) is 30.5. The molecule has 182 valence electrons. The fourth-order valence-corrected chi connectivity index (χ4v) is 4.61. The van der Waals surface area contributed by atoms with Crippen molar-refractivity contribution in [1.82, 2.24) is 14.9 Å². The van der Waals surface area contributed by atoms with E-state index in [4.69, 9.17) is 9.72 Å². The zero-order chi connectivity index (χ0) is 24.7. The summed E-state index contributed by atoms with van der Waals surface area (Å²) in [6.45, 7) is 4.04. The summed E-state index contributed by atoms with van der Waals surface area (Å²) < 4.78 is 8.35. The number of rotatable bonds is 10. The predicted octanol–water partition coefficient (Wildman–Crippen LogP) is 6.33. The van der Waals surface area contributed by atoms with Gasteiger partial charge in [0.2, 0.25) is 0 Å². The van der Waals surface area contributed by atoms with Crippen LogP contribution in [-0.4, -0.2) is 28.6 Å². The molecule has 0 unspecified atom stereocenters. The van der Waals surface area contributed by atoms with Gasteiger partial charge in [0, 0.05) is 25.1 Å². The van der Waals surface area contributed by atoms with Crippen LogP contribution in [0.15, 0.2) is 91.0 Å². The fourth-order valence-electron chi connectivity index (χ4n) is 4.61. The lowest BCUT2D eigenvalue weighted by Gasteiger charge is -2.11. The largest absolute Gasteiger partial charge is 0.494 e. The van der Waals surface area contributed by atoms with Crippen LogP contribution < -0.4 is 10.1 Å². The molecule has 36 heavy (non-hydrogen) atoms. The van der Waals surface area contributed by atoms with Crippen molar-refractivity contribution in [3.8, 4) is 5.75 Å². The van der Waals surface area contributed by atoms with Gasteiger partial charge in [0.15, 0.2) is 0 Å². The summed E-state index contributed by atoms with van der Waals surface area (Å²) in [4.78, 5) is 17.4. The topological polar surface area (TPSA) is 56.2 Å². The standard InChI is InChI=1S/C31H31N3O2/c1-23-10-2-5-13-27(23)31(35)32-19-8-16-30-33-28-14-6-7-15-29(28)34(30)20-9-21-36-26-18-17-24-11-3-4-12-25(24)22-26/h2-7,10-15,17-18,22H,8-9,16,19-21H2,1H3,(H,32,35). The number of imidazole rings is 1. The molecule has 4 aromatic carbocycles. The van der Waals surface area contributed by atoms with E-state index in [9.17, 15) is 4.79 Å². The highest BCUT2D eigenvalue weighted by Crippen LogP contribution is 2.21. The molecule has 0 fully saturated rings. The van der Waals surface area contributed by atoms with Gasteiger partial charge in [0.1, 0.15) is 11.6 Å². The highest BCUT2D eigenvalue weighted by Gasteiger charge is 2.11. The van der Waals surface area contributed by atoms with Gasteiger partial charge in [-0.3, -0.25) is 4.79 Å². The van der Waals surface area contributed by atoms with Crippen LogP contribution in [0.3, 0.4) is 0 Å². The van der Waals surface area contributed by atoms with Gasteiger partial charge in [-0.2, -0.15) is 0 Å². The van der Waals surface area contributed by atoms with Gasteiger partial charge in [0.25, 0.3) is 5.91 Å². The molecule has 5 heteroatoms. The average Bonchev–Trinajstić information content (AvgIpc) is 3.26. The first-order valence-corrected chi connectivity index (χ1v) is 12.6. The first-order valence-electron chi connectivity index (χ1n) is 12.6. The number of fused-ring (bicyclic) bond motifs is 2. The number of para-hydroxylation sites is 2. The van der Waals surface area contributed by atoms with Gasteiger partial charge in [-0.25, -0.2) is 4.98 Å². The van der Waals surface area contributed by atoms with Crippen LogP contribution in [0.1, 0.15) is 34.6 Å². The Bertz CT molecular complexity index is 1490. The van der Waals surface area contributed by atoms with E-state index in [-0.39, 0.29) is 5.91 Å². The third kappa shape index (κ3) is 5.41. The van der Waals surface area contributed by atoms with Crippen molar-refractivity contribution in [3.63, 3.8) is 0 Å². The second-order valence-electron chi connectivity index (χ2n) is 9.05. The molecule has 0 saturated heterocycles. The lowest BCUT2D eigenvalue weighted by molar-refractivity contribution is 0.0952. The highest BCUT2D eigenvalue weighted by molar-refractivity contribution is 5.95. The molecule has 0 aliphatic rings. The van der Waals surface area contributed by atoms with Gasteiger partial charge in [-0.15, -0.1) is 0 Å². The van der Waals surface area contributed by atoms with Gasteiger partial charge in [0.05, 0.1) is 17.6 Å². The van der Waals surface area contributed by atoms with E-state index in [0.29, 0.717) is 13.2 Å².